The second-order valence-corrected chi connectivity index (χ2v) is 6.34. The number of ether oxygens (including phenoxy) is 2. The molecule has 1 saturated heterocycles. The molecule has 1 aromatic heterocycles. The van der Waals surface area contributed by atoms with Gasteiger partial charge in [-0.15, -0.1) is 0 Å². The summed E-state index contributed by atoms with van der Waals surface area (Å²) >= 11 is 0. The van der Waals surface area contributed by atoms with Crippen LogP contribution in [0.15, 0.2) is 42.6 Å². The first-order valence-corrected chi connectivity index (χ1v) is 8.96. The van der Waals surface area contributed by atoms with Gasteiger partial charge in [-0.3, -0.25) is 4.79 Å². The number of hydrogen-bond donors (Lipinski definition) is 2. The molecule has 3 rings (SSSR count). The third-order valence-electron chi connectivity index (χ3n) is 4.39. The Morgan fingerprint density at radius 3 is 2.77 bits per heavy atom. The SMILES string of the molecule is COc1ccc(CCCNC(=O)c2ccc(N[C@H]3CCOC3)nc2)cc1. The number of carbonyl (C=O) groups excluding carboxylic acids is 1. The van der Waals surface area contributed by atoms with Gasteiger partial charge >= 0.3 is 0 Å². The maximum absolute atomic E-state index is 12.2. The number of anilines is 1. The highest BCUT2D eigenvalue weighted by molar-refractivity contribution is 5.94. The van der Waals surface area contributed by atoms with Crippen LogP contribution in [0, 0.1) is 0 Å². The van der Waals surface area contributed by atoms with Crippen molar-refractivity contribution < 1.29 is 14.3 Å². The molecule has 2 heterocycles. The minimum atomic E-state index is -0.0945. The van der Waals surface area contributed by atoms with E-state index in [1.807, 2.05) is 30.3 Å². The van der Waals surface area contributed by atoms with Crippen LogP contribution in [0.2, 0.25) is 0 Å². The summed E-state index contributed by atoms with van der Waals surface area (Å²) in [6, 6.07) is 11.9. The molecule has 1 atom stereocenters. The van der Waals surface area contributed by atoms with E-state index in [9.17, 15) is 4.79 Å². The number of nitrogens with zero attached hydrogens (tertiary/aromatic N) is 1. The Morgan fingerprint density at radius 1 is 1.27 bits per heavy atom. The van der Waals surface area contributed by atoms with Crippen molar-refractivity contribution in [2.45, 2.75) is 25.3 Å². The van der Waals surface area contributed by atoms with Gasteiger partial charge < -0.3 is 20.1 Å². The number of amides is 1. The fourth-order valence-corrected chi connectivity index (χ4v) is 2.86. The lowest BCUT2D eigenvalue weighted by molar-refractivity contribution is 0.0953. The Morgan fingerprint density at radius 2 is 2.12 bits per heavy atom. The summed E-state index contributed by atoms with van der Waals surface area (Å²) in [5.41, 5.74) is 1.80. The molecule has 0 aliphatic carbocycles. The van der Waals surface area contributed by atoms with E-state index in [4.69, 9.17) is 9.47 Å². The third kappa shape index (κ3) is 5.20. The molecular weight excluding hydrogens is 330 g/mol. The number of aromatic nitrogens is 1. The van der Waals surface area contributed by atoms with Gasteiger partial charge in [0, 0.05) is 19.3 Å². The molecule has 0 radical (unpaired) electrons. The topological polar surface area (TPSA) is 72.5 Å². The van der Waals surface area contributed by atoms with Crippen molar-refractivity contribution in [3.63, 3.8) is 0 Å². The lowest BCUT2D eigenvalue weighted by Crippen LogP contribution is -2.25. The van der Waals surface area contributed by atoms with Crippen molar-refractivity contribution in [3.8, 4) is 5.75 Å². The van der Waals surface area contributed by atoms with E-state index in [1.54, 1.807) is 19.4 Å². The largest absolute Gasteiger partial charge is 0.497 e. The molecule has 1 aliphatic heterocycles. The van der Waals surface area contributed by atoms with E-state index in [0.29, 0.717) is 24.8 Å². The summed E-state index contributed by atoms with van der Waals surface area (Å²) in [7, 11) is 1.66. The summed E-state index contributed by atoms with van der Waals surface area (Å²) in [5, 5.41) is 6.25. The molecule has 2 aromatic rings. The van der Waals surface area contributed by atoms with Gasteiger partial charge in [0.2, 0.25) is 0 Å². The molecule has 138 valence electrons. The van der Waals surface area contributed by atoms with E-state index < -0.39 is 0 Å². The Labute approximate surface area is 153 Å². The standard InChI is InChI=1S/C20H25N3O3/c1-25-18-7-4-15(5-8-18)3-2-11-21-20(24)16-6-9-19(22-13-16)23-17-10-12-26-14-17/h4-9,13,17H,2-3,10-12,14H2,1H3,(H,21,24)(H,22,23)/t17-/m0/s1. The maximum Gasteiger partial charge on any atom is 0.252 e. The maximum atomic E-state index is 12.2. The number of nitrogens with one attached hydrogen (secondary N) is 2. The Kier molecular flexibility index (Phi) is 6.44. The fraction of sp³-hybridized carbons (Fsp3) is 0.400. The van der Waals surface area contributed by atoms with Crippen LogP contribution < -0.4 is 15.4 Å². The van der Waals surface area contributed by atoms with Crippen molar-refractivity contribution >= 4 is 11.7 Å². The Bertz CT molecular complexity index is 695. The van der Waals surface area contributed by atoms with Crippen LogP contribution in [-0.4, -0.2) is 43.8 Å². The summed E-state index contributed by atoms with van der Waals surface area (Å²) in [5.74, 6) is 1.53. The van der Waals surface area contributed by atoms with E-state index in [0.717, 1.165) is 37.4 Å². The third-order valence-corrected chi connectivity index (χ3v) is 4.39. The first kappa shape index (κ1) is 18.2. The van der Waals surface area contributed by atoms with Gasteiger partial charge in [-0.05, 0) is 49.1 Å². The lowest BCUT2D eigenvalue weighted by atomic mass is 10.1. The van der Waals surface area contributed by atoms with E-state index in [2.05, 4.69) is 15.6 Å². The number of rotatable bonds is 8. The number of hydrogen-bond acceptors (Lipinski definition) is 5. The highest BCUT2D eigenvalue weighted by atomic mass is 16.5. The van der Waals surface area contributed by atoms with Crippen molar-refractivity contribution in [2.24, 2.45) is 0 Å². The molecule has 0 saturated carbocycles. The van der Waals surface area contributed by atoms with Gasteiger partial charge in [0.05, 0.1) is 25.3 Å². The molecule has 1 aliphatic rings. The fourth-order valence-electron chi connectivity index (χ4n) is 2.86. The molecule has 0 spiro atoms. The molecular formula is C20H25N3O3. The molecule has 6 nitrogen and oxygen atoms in total. The molecule has 1 aromatic carbocycles. The molecule has 0 unspecified atom stereocenters. The van der Waals surface area contributed by atoms with Crippen LogP contribution in [0.1, 0.15) is 28.8 Å². The highest BCUT2D eigenvalue weighted by Crippen LogP contribution is 2.13. The van der Waals surface area contributed by atoms with E-state index in [1.165, 1.54) is 5.56 Å². The molecule has 6 heteroatoms. The average molecular weight is 355 g/mol. The number of carbonyl (C=O) groups is 1. The Balaban J connectivity index is 1.39. The number of methoxy groups -OCH3 is 1. The predicted octanol–water partition coefficient (Wildman–Crippen LogP) is 2.65. The summed E-state index contributed by atoms with van der Waals surface area (Å²) in [4.78, 5) is 16.5. The van der Waals surface area contributed by atoms with Gasteiger partial charge in [-0.1, -0.05) is 12.1 Å². The zero-order valence-electron chi connectivity index (χ0n) is 15.0. The van der Waals surface area contributed by atoms with Crippen molar-refractivity contribution in [1.29, 1.82) is 0 Å². The van der Waals surface area contributed by atoms with Crippen molar-refractivity contribution in [1.82, 2.24) is 10.3 Å². The van der Waals surface area contributed by atoms with Crippen molar-refractivity contribution in [3.05, 3.63) is 53.7 Å². The van der Waals surface area contributed by atoms with Gasteiger partial charge in [0.25, 0.3) is 5.91 Å². The van der Waals surface area contributed by atoms with Gasteiger partial charge in [0.1, 0.15) is 11.6 Å². The summed E-state index contributed by atoms with van der Waals surface area (Å²) < 4.78 is 10.5. The molecule has 0 bridgehead atoms. The molecule has 2 N–H and O–H groups in total. The van der Waals surface area contributed by atoms with Crippen molar-refractivity contribution in [2.75, 3.05) is 32.2 Å². The highest BCUT2D eigenvalue weighted by Gasteiger charge is 2.15. The van der Waals surface area contributed by atoms with Gasteiger partial charge in [-0.2, -0.15) is 0 Å². The zero-order valence-corrected chi connectivity index (χ0v) is 15.0. The lowest BCUT2D eigenvalue weighted by Gasteiger charge is -2.11. The zero-order chi connectivity index (χ0) is 18.2. The van der Waals surface area contributed by atoms with Crippen LogP contribution in [0.5, 0.6) is 5.75 Å². The van der Waals surface area contributed by atoms with Crippen LogP contribution in [0.3, 0.4) is 0 Å². The summed E-state index contributed by atoms with van der Waals surface area (Å²) in [6.07, 6.45) is 4.39. The summed E-state index contributed by atoms with van der Waals surface area (Å²) in [6.45, 7) is 2.12. The minimum absolute atomic E-state index is 0.0945. The quantitative estimate of drug-likeness (QED) is 0.712. The molecule has 1 fully saturated rings. The van der Waals surface area contributed by atoms with Crippen LogP contribution >= 0.6 is 0 Å². The van der Waals surface area contributed by atoms with Crippen LogP contribution in [-0.2, 0) is 11.2 Å². The number of benzene rings is 1. The van der Waals surface area contributed by atoms with E-state index >= 15 is 0 Å². The number of aryl methyl sites for hydroxylation is 1. The normalized spacial score (nSPS) is 16.3. The second-order valence-electron chi connectivity index (χ2n) is 6.34. The van der Waals surface area contributed by atoms with Crippen LogP contribution in [0.25, 0.3) is 0 Å². The first-order chi connectivity index (χ1) is 12.7. The molecule has 1 amide bonds. The van der Waals surface area contributed by atoms with Gasteiger partial charge in [0.15, 0.2) is 0 Å². The number of pyridine rings is 1. The van der Waals surface area contributed by atoms with Gasteiger partial charge in [-0.25, -0.2) is 4.98 Å². The monoisotopic (exact) mass is 355 g/mol. The first-order valence-electron chi connectivity index (χ1n) is 8.96. The van der Waals surface area contributed by atoms with Crippen LogP contribution in [0.4, 0.5) is 5.82 Å². The average Bonchev–Trinajstić information content (AvgIpc) is 3.19. The Hall–Kier alpha value is -2.60. The molecule has 26 heavy (non-hydrogen) atoms. The second kappa shape index (κ2) is 9.20. The minimum Gasteiger partial charge on any atom is -0.497 e. The predicted molar refractivity (Wildman–Crippen MR) is 101 cm³/mol. The smallest absolute Gasteiger partial charge is 0.252 e. The van der Waals surface area contributed by atoms with E-state index in [-0.39, 0.29) is 5.91 Å².